The Balaban J connectivity index is 1.61. The standard InChI is InChI=1S/C13H20N2O3/c16-9-10-3-4-11(8-10)15-13(17)14-6-5-12-2-1-7-18-12/h1-2,7,10-11,16H,3-6,8-9H2,(H2,14,15,17)/t10-,11+/m1/s1. The number of rotatable bonds is 5. The first-order valence-corrected chi connectivity index (χ1v) is 6.45. The summed E-state index contributed by atoms with van der Waals surface area (Å²) in [5.41, 5.74) is 0. The van der Waals surface area contributed by atoms with Crippen LogP contribution in [-0.2, 0) is 6.42 Å². The van der Waals surface area contributed by atoms with Crippen molar-refractivity contribution in [2.45, 2.75) is 31.7 Å². The summed E-state index contributed by atoms with van der Waals surface area (Å²) in [5.74, 6) is 1.22. The number of aliphatic hydroxyl groups excluding tert-OH is 1. The number of urea groups is 1. The molecule has 0 radical (unpaired) electrons. The normalized spacial score (nSPS) is 22.9. The Bertz CT molecular complexity index is 364. The van der Waals surface area contributed by atoms with Gasteiger partial charge >= 0.3 is 6.03 Å². The highest BCUT2D eigenvalue weighted by atomic mass is 16.3. The third-order valence-electron chi connectivity index (χ3n) is 3.37. The highest BCUT2D eigenvalue weighted by Crippen LogP contribution is 2.24. The molecule has 1 heterocycles. The molecule has 1 fully saturated rings. The van der Waals surface area contributed by atoms with Crippen LogP contribution in [0.15, 0.2) is 22.8 Å². The van der Waals surface area contributed by atoms with E-state index in [0.29, 0.717) is 18.9 Å². The van der Waals surface area contributed by atoms with Gasteiger partial charge in [-0.25, -0.2) is 4.79 Å². The zero-order valence-electron chi connectivity index (χ0n) is 10.4. The number of carbonyl (C=O) groups excluding carboxylic acids is 1. The van der Waals surface area contributed by atoms with Gasteiger partial charge in [-0.1, -0.05) is 0 Å². The predicted octanol–water partition coefficient (Wildman–Crippen LogP) is 1.28. The SMILES string of the molecule is O=C(NCCc1ccco1)N[C@H]1CC[C@@H](CO)C1. The molecular formula is C13H20N2O3. The summed E-state index contributed by atoms with van der Waals surface area (Å²) in [4.78, 5) is 11.6. The number of furan rings is 1. The molecule has 18 heavy (non-hydrogen) atoms. The molecule has 2 rings (SSSR count). The summed E-state index contributed by atoms with van der Waals surface area (Å²) in [6, 6.07) is 3.79. The van der Waals surface area contributed by atoms with Crippen molar-refractivity contribution in [3.63, 3.8) is 0 Å². The Morgan fingerprint density at radius 2 is 2.39 bits per heavy atom. The summed E-state index contributed by atoms with van der Waals surface area (Å²) in [7, 11) is 0. The minimum absolute atomic E-state index is 0.134. The van der Waals surface area contributed by atoms with Crippen LogP contribution in [0.5, 0.6) is 0 Å². The second kappa shape index (κ2) is 6.44. The first-order chi connectivity index (χ1) is 8.78. The second-order valence-electron chi connectivity index (χ2n) is 4.79. The molecule has 100 valence electrons. The van der Waals surface area contributed by atoms with Crippen LogP contribution in [-0.4, -0.2) is 30.3 Å². The minimum atomic E-state index is -0.134. The maximum absolute atomic E-state index is 11.6. The second-order valence-corrected chi connectivity index (χ2v) is 4.79. The van der Waals surface area contributed by atoms with Gasteiger partial charge in [0, 0.05) is 25.6 Å². The van der Waals surface area contributed by atoms with Crippen LogP contribution in [0.1, 0.15) is 25.0 Å². The summed E-state index contributed by atoms with van der Waals surface area (Å²) < 4.78 is 5.18. The van der Waals surface area contributed by atoms with E-state index in [1.807, 2.05) is 12.1 Å². The smallest absolute Gasteiger partial charge is 0.315 e. The van der Waals surface area contributed by atoms with E-state index < -0.39 is 0 Å². The van der Waals surface area contributed by atoms with Crippen LogP contribution >= 0.6 is 0 Å². The van der Waals surface area contributed by atoms with Crippen molar-refractivity contribution in [1.82, 2.24) is 10.6 Å². The van der Waals surface area contributed by atoms with Crippen LogP contribution in [0.4, 0.5) is 4.79 Å². The van der Waals surface area contributed by atoms with Crippen molar-refractivity contribution in [3.05, 3.63) is 24.2 Å². The third kappa shape index (κ3) is 3.77. The molecule has 0 spiro atoms. The van der Waals surface area contributed by atoms with Gasteiger partial charge < -0.3 is 20.2 Å². The first-order valence-electron chi connectivity index (χ1n) is 6.45. The molecule has 5 heteroatoms. The van der Waals surface area contributed by atoms with Gasteiger partial charge in [-0.15, -0.1) is 0 Å². The molecule has 5 nitrogen and oxygen atoms in total. The topological polar surface area (TPSA) is 74.5 Å². The lowest BCUT2D eigenvalue weighted by molar-refractivity contribution is 0.223. The molecule has 1 aliphatic carbocycles. The molecule has 0 bridgehead atoms. The lowest BCUT2D eigenvalue weighted by atomic mass is 10.1. The lowest BCUT2D eigenvalue weighted by Crippen LogP contribution is -2.41. The molecule has 0 saturated heterocycles. The number of carbonyl (C=O) groups is 1. The minimum Gasteiger partial charge on any atom is -0.469 e. The van der Waals surface area contributed by atoms with Crippen LogP contribution in [0.25, 0.3) is 0 Å². The maximum atomic E-state index is 11.6. The largest absolute Gasteiger partial charge is 0.469 e. The molecule has 0 aromatic carbocycles. The zero-order chi connectivity index (χ0) is 12.8. The summed E-state index contributed by atoms with van der Waals surface area (Å²) in [6.45, 7) is 0.786. The molecule has 3 N–H and O–H groups in total. The summed E-state index contributed by atoms with van der Waals surface area (Å²) >= 11 is 0. The number of hydrogen-bond acceptors (Lipinski definition) is 3. The Hall–Kier alpha value is -1.49. The molecule has 1 aromatic heterocycles. The maximum Gasteiger partial charge on any atom is 0.315 e. The van der Waals surface area contributed by atoms with Gasteiger partial charge in [-0.05, 0) is 37.3 Å². The van der Waals surface area contributed by atoms with Crippen LogP contribution in [0.3, 0.4) is 0 Å². The summed E-state index contributed by atoms with van der Waals surface area (Å²) in [6.07, 6.45) is 5.15. The first kappa shape index (κ1) is 13.0. The van der Waals surface area contributed by atoms with E-state index in [1.54, 1.807) is 6.26 Å². The van der Waals surface area contributed by atoms with E-state index in [1.165, 1.54) is 0 Å². The van der Waals surface area contributed by atoms with Gasteiger partial charge in [-0.2, -0.15) is 0 Å². The van der Waals surface area contributed by atoms with E-state index in [0.717, 1.165) is 25.0 Å². The van der Waals surface area contributed by atoms with Crippen molar-refractivity contribution in [2.24, 2.45) is 5.92 Å². The van der Waals surface area contributed by atoms with Gasteiger partial charge in [0.25, 0.3) is 0 Å². The van der Waals surface area contributed by atoms with Crippen molar-refractivity contribution >= 4 is 6.03 Å². The lowest BCUT2D eigenvalue weighted by Gasteiger charge is -2.13. The monoisotopic (exact) mass is 252 g/mol. The Morgan fingerprint density at radius 3 is 3.06 bits per heavy atom. The van der Waals surface area contributed by atoms with Crippen LogP contribution in [0, 0.1) is 5.92 Å². The Morgan fingerprint density at radius 1 is 1.50 bits per heavy atom. The number of amides is 2. The van der Waals surface area contributed by atoms with E-state index in [-0.39, 0.29) is 18.7 Å². The fourth-order valence-electron chi connectivity index (χ4n) is 2.36. The fraction of sp³-hybridized carbons (Fsp3) is 0.615. The predicted molar refractivity (Wildman–Crippen MR) is 67.2 cm³/mol. The molecule has 1 aromatic rings. The highest BCUT2D eigenvalue weighted by molar-refractivity contribution is 5.74. The fourth-order valence-corrected chi connectivity index (χ4v) is 2.36. The van der Waals surface area contributed by atoms with Crippen molar-refractivity contribution in [2.75, 3.05) is 13.2 Å². The Kier molecular flexibility index (Phi) is 4.64. The van der Waals surface area contributed by atoms with Gasteiger partial charge in [0.05, 0.1) is 6.26 Å². The average Bonchev–Trinajstić information content (AvgIpc) is 3.00. The van der Waals surface area contributed by atoms with Crippen molar-refractivity contribution in [1.29, 1.82) is 0 Å². The zero-order valence-corrected chi connectivity index (χ0v) is 10.4. The van der Waals surface area contributed by atoms with Gasteiger partial charge in [0.2, 0.25) is 0 Å². The van der Waals surface area contributed by atoms with E-state index in [4.69, 9.17) is 9.52 Å². The third-order valence-corrected chi connectivity index (χ3v) is 3.37. The highest BCUT2D eigenvalue weighted by Gasteiger charge is 2.24. The van der Waals surface area contributed by atoms with Gasteiger partial charge in [0.1, 0.15) is 5.76 Å². The quantitative estimate of drug-likeness (QED) is 0.739. The molecule has 0 unspecified atom stereocenters. The van der Waals surface area contributed by atoms with E-state index >= 15 is 0 Å². The molecule has 1 aliphatic rings. The van der Waals surface area contributed by atoms with E-state index in [9.17, 15) is 4.79 Å². The molecule has 1 saturated carbocycles. The van der Waals surface area contributed by atoms with Gasteiger partial charge in [-0.3, -0.25) is 0 Å². The number of aliphatic hydroxyl groups is 1. The molecule has 2 atom stereocenters. The summed E-state index contributed by atoms with van der Waals surface area (Å²) in [5, 5.41) is 14.8. The van der Waals surface area contributed by atoms with Crippen LogP contribution < -0.4 is 10.6 Å². The average molecular weight is 252 g/mol. The van der Waals surface area contributed by atoms with Crippen molar-refractivity contribution in [3.8, 4) is 0 Å². The number of nitrogens with one attached hydrogen (secondary N) is 2. The molecular weight excluding hydrogens is 232 g/mol. The molecule has 2 amide bonds. The van der Waals surface area contributed by atoms with Gasteiger partial charge in [0.15, 0.2) is 0 Å². The van der Waals surface area contributed by atoms with Crippen LogP contribution in [0.2, 0.25) is 0 Å². The van der Waals surface area contributed by atoms with Crippen molar-refractivity contribution < 1.29 is 14.3 Å². The van der Waals surface area contributed by atoms with E-state index in [2.05, 4.69) is 10.6 Å². The Labute approximate surface area is 107 Å². The number of hydrogen-bond donors (Lipinski definition) is 3. The molecule has 0 aliphatic heterocycles.